The minimum Gasteiger partial charge on any atom is -0.348 e. The Morgan fingerprint density at radius 3 is 2.61 bits per heavy atom. The third-order valence-corrected chi connectivity index (χ3v) is 4.17. The van der Waals surface area contributed by atoms with E-state index in [9.17, 15) is 4.79 Å². The summed E-state index contributed by atoms with van der Waals surface area (Å²) in [4.78, 5) is 12.2. The summed E-state index contributed by atoms with van der Waals surface area (Å²) in [5.41, 5.74) is 1.17. The molecule has 1 saturated carbocycles. The second-order valence-corrected chi connectivity index (χ2v) is 6.18. The molecule has 0 bridgehead atoms. The van der Waals surface area contributed by atoms with Crippen LogP contribution in [-0.4, -0.2) is 22.1 Å². The summed E-state index contributed by atoms with van der Waals surface area (Å²) < 4.78 is 0. The van der Waals surface area contributed by atoms with Gasteiger partial charge in [-0.2, -0.15) is 0 Å². The number of rotatable bonds is 4. The van der Waals surface area contributed by atoms with E-state index < -0.39 is 0 Å². The van der Waals surface area contributed by atoms with E-state index in [1.165, 1.54) is 19.3 Å². The number of nitrogens with one attached hydrogen (secondary N) is 2. The summed E-state index contributed by atoms with van der Waals surface area (Å²) in [6.07, 6.45) is 5.72. The number of aromatic nitrogens is 2. The van der Waals surface area contributed by atoms with Gasteiger partial charge < -0.3 is 10.6 Å². The van der Waals surface area contributed by atoms with Crippen LogP contribution in [0.1, 0.15) is 42.6 Å². The highest BCUT2D eigenvalue weighted by Crippen LogP contribution is 2.19. The molecule has 23 heavy (non-hydrogen) atoms. The van der Waals surface area contributed by atoms with Crippen molar-refractivity contribution in [1.29, 1.82) is 0 Å². The molecule has 1 aliphatic rings. The Kier molecular flexibility index (Phi) is 5.08. The van der Waals surface area contributed by atoms with Crippen LogP contribution in [0.2, 0.25) is 5.02 Å². The zero-order valence-electron chi connectivity index (χ0n) is 12.8. The monoisotopic (exact) mass is 330 g/mol. The van der Waals surface area contributed by atoms with Gasteiger partial charge >= 0.3 is 0 Å². The highest BCUT2D eigenvalue weighted by molar-refractivity contribution is 6.30. The molecule has 0 spiro atoms. The van der Waals surface area contributed by atoms with Crippen molar-refractivity contribution < 1.29 is 4.79 Å². The van der Waals surface area contributed by atoms with Gasteiger partial charge in [0.05, 0.1) is 0 Å². The second kappa shape index (κ2) is 7.42. The Bertz CT molecular complexity index is 669. The summed E-state index contributed by atoms with van der Waals surface area (Å²) in [5.74, 6) is 0.417. The first kappa shape index (κ1) is 15.7. The van der Waals surface area contributed by atoms with Crippen LogP contribution >= 0.6 is 11.6 Å². The highest BCUT2D eigenvalue weighted by Gasteiger charge is 2.17. The zero-order valence-corrected chi connectivity index (χ0v) is 13.5. The normalized spacial score (nSPS) is 15.2. The van der Waals surface area contributed by atoms with Gasteiger partial charge in [-0.3, -0.25) is 4.79 Å². The average Bonchev–Trinajstić information content (AvgIpc) is 2.56. The van der Waals surface area contributed by atoms with E-state index in [4.69, 9.17) is 11.6 Å². The van der Waals surface area contributed by atoms with Crippen LogP contribution < -0.4 is 10.6 Å². The molecule has 0 atom stereocenters. The van der Waals surface area contributed by atoms with Gasteiger partial charge in [0.25, 0.3) is 5.91 Å². The molecule has 120 valence electrons. The topological polar surface area (TPSA) is 66.9 Å². The fraction of sp³-hybridized carbons (Fsp3) is 0.353. The molecule has 0 unspecified atom stereocenters. The summed E-state index contributed by atoms with van der Waals surface area (Å²) in [6, 6.07) is 11.0. The van der Waals surface area contributed by atoms with Crippen LogP contribution in [0.5, 0.6) is 0 Å². The SMILES string of the molecule is O=C(NC1CCCCC1)c1ccc(Nc2cccc(Cl)c2)nn1. The molecule has 5 nitrogen and oxygen atoms in total. The predicted molar refractivity (Wildman–Crippen MR) is 91.1 cm³/mol. The molecule has 0 aliphatic heterocycles. The van der Waals surface area contributed by atoms with E-state index in [2.05, 4.69) is 20.8 Å². The molecule has 0 saturated heterocycles. The van der Waals surface area contributed by atoms with Crippen LogP contribution in [0.4, 0.5) is 11.5 Å². The van der Waals surface area contributed by atoms with Crippen molar-refractivity contribution in [3.05, 3.63) is 47.1 Å². The molecule has 1 fully saturated rings. The molecule has 3 rings (SSSR count). The number of hydrogen-bond donors (Lipinski definition) is 2. The number of carbonyl (C=O) groups excluding carboxylic acids is 1. The third-order valence-electron chi connectivity index (χ3n) is 3.93. The number of halogens is 1. The Labute approximate surface area is 140 Å². The lowest BCUT2D eigenvalue weighted by molar-refractivity contribution is 0.0921. The Hall–Kier alpha value is -2.14. The van der Waals surface area contributed by atoms with E-state index >= 15 is 0 Å². The molecule has 1 amide bonds. The Balaban J connectivity index is 1.61. The summed E-state index contributed by atoms with van der Waals surface area (Å²) >= 11 is 5.94. The van der Waals surface area contributed by atoms with Gasteiger partial charge in [0.1, 0.15) is 0 Å². The largest absolute Gasteiger partial charge is 0.348 e. The molecule has 1 aliphatic carbocycles. The summed E-state index contributed by atoms with van der Waals surface area (Å²) in [5, 5.41) is 14.8. The maximum atomic E-state index is 12.2. The van der Waals surface area contributed by atoms with E-state index in [1.807, 2.05) is 12.1 Å². The molecule has 2 N–H and O–H groups in total. The Morgan fingerprint density at radius 1 is 1.09 bits per heavy atom. The van der Waals surface area contributed by atoms with Crippen LogP contribution in [0.25, 0.3) is 0 Å². The highest BCUT2D eigenvalue weighted by atomic mass is 35.5. The van der Waals surface area contributed by atoms with Crippen molar-refractivity contribution in [2.24, 2.45) is 0 Å². The molecule has 0 radical (unpaired) electrons. The minimum atomic E-state index is -0.154. The first-order valence-corrected chi connectivity index (χ1v) is 8.26. The predicted octanol–water partition coefficient (Wildman–Crippen LogP) is 3.94. The molecule has 6 heteroatoms. The average molecular weight is 331 g/mol. The molecular weight excluding hydrogens is 312 g/mol. The van der Waals surface area contributed by atoms with E-state index in [-0.39, 0.29) is 11.9 Å². The smallest absolute Gasteiger partial charge is 0.272 e. The fourth-order valence-corrected chi connectivity index (χ4v) is 2.93. The summed E-state index contributed by atoms with van der Waals surface area (Å²) in [7, 11) is 0. The number of nitrogens with zero attached hydrogens (tertiary/aromatic N) is 2. The molecule has 2 aromatic rings. The molecule has 1 aromatic carbocycles. The maximum absolute atomic E-state index is 12.2. The van der Waals surface area contributed by atoms with Crippen molar-refractivity contribution in [1.82, 2.24) is 15.5 Å². The van der Waals surface area contributed by atoms with Gasteiger partial charge in [0.15, 0.2) is 11.5 Å². The van der Waals surface area contributed by atoms with Gasteiger partial charge in [-0.1, -0.05) is 36.9 Å². The number of carbonyl (C=O) groups is 1. The van der Waals surface area contributed by atoms with E-state index in [0.29, 0.717) is 16.5 Å². The zero-order chi connectivity index (χ0) is 16.1. The van der Waals surface area contributed by atoms with E-state index in [0.717, 1.165) is 18.5 Å². The van der Waals surface area contributed by atoms with E-state index in [1.54, 1.807) is 24.3 Å². The quantitative estimate of drug-likeness (QED) is 0.891. The molecule has 1 heterocycles. The Morgan fingerprint density at radius 2 is 1.91 bits per heavy atom. The number of anilines is 2. The van der Waals surface area contributed by atoms with Crippen molar-refractivity contribution in [3.8, 4) is 0 Å². The second-order valence-electron chi connectivity index (χ2n) is 5.75. The van der Waals surface area contributed by atoms with Gasteiger partial charge in [-0.25, -0.2) is 0 Å². The number of amides is 1. The van der Waals surface area contributed by atoms with Crippen LogP contribution in [0.15, 0.2) is 36.4 Å². The van der Waals surface area contributed by atoms with Crippen LogP contribution in [0, 0.1) is 0 Å². The van der Waals surface area contributed by atoms with Gasteiger partial charge in [-0.15, -0.1) is 10.2 Å². The first-order valence-electron chi connectivity index (χ1n) is 7.88. The lowest BCUT2D eigenvalue weighted by Gasteiger charge is -2.22. The third kappa shape index (κ3) is 4.42. The number of hydrogen-bond acceptors (Lipinski definition) is 4. The standard InChI is InChI=1S/C17H19ClN4O/c18-12-5-4-8-14(11-12)19-16-10-9-15(21-22-16)17(23)20-13-6-2-1-3-7-13/h4-5,8-11,13H,1-3,6-7H2,(H,19,22)(H,20,23). The first-order chi connectivity index (χ1) is 11.2. The summed E-state index contributed by atoms with van der Waals surface area (Å²) in [6.45, 7) is 0. The van der Waals surface area contributed by atoms with Gasteiger partial charge in [-0.05, 0) is 43.2 Å². The van der Waals surface area contributed by atoms with Gasteiger partial charge in [0.2, 0.25) is 0 Å². The van der Waals surface area contributed by atoms with Gasteiger partial charge in [0, 0.05) is 16.8 Å². The van der Waals surface area contributed by atoms with Crippen molar-refractivity contribution in [2.75, 3.05) is 5.32 Å². The van der Waals surface area contributed by atoms with Crippen LogP contribution in [-0.2, 0) is 0 Å². The number of benzene rings is 1. The van der Waals surface area contributed by atoms with Crippen LogP contribution in [0.3, 0.4) is 0 Å². The van der Waals surface area contributed by atoms with Crippen molar-refractivity contribution in [3.63, 3.8) is 0 Å². The molecular formula is C17H19ClN4O. The van der Waals surface area contributed by atoms with Crippen molar-refractivity contribution in [2.45, 2.75) is 38.1 Å². The minimum absolute atomic E-state index is 0.154. The maximum Gasteiger partial charge on any atom is 0.272 e. The van der Waals surface area contributed by atoms with Crippen molar-refractivity contribution >= 4 is 29.0 Å². The lowest BCUT2D eigenvalue weighted by Crippen LogP contribution is -2.36. The fourth-order valence-electron chi connectivity index (χ4n) is 2.74. The molecule has 1 aromatic heterocycles. The lowest BCUT2D eigenvalue weighted by atomic mass is 9.95.